The Morgan fingerprint density at radius 1 is 1.14 bits per heavy atom. The Labute approximate surface area is 123 Å². The molecule has 1 aromatic carbocycles. The highest BCUT2D eigenvalue weighted by molar-refractivity contribution is 7.12. The zero-order chi connectivity index (χ0) is 15.0. The number of ether oxygens (including phenoxy) is 2. The van der Waals surface area contributed by atoms with Gasteiger partial charge in [0.1, 0.15) is 5.69 Å². The molecule has 0 saturated heterocycles. The number of rotatable bonds is 4. The Balaban J connectivity index is 1.87. The molecule has 0 amide bonds. The molecule has 1 aliphatic heterocycles. The molecular weight excluding hydrogens is 294 g/mol. The van der Waals surface area contributed by atoms with Crippen LogP contribution in [-0.2, 0) is 0 Å². The maximum Gasteiger partial charge on any atom is 0.252 e. The van der Waals surface area contributed by atoms with Crippen molar-refractivity contribution in [1.82, 2.24) is 4.98 Å². The molecule has 0 saturated carbocycles. The van der Waals surface area contributed by atoms with E-state index in [0.717, 1.165) is 11.3 Å². The summed E-state index contributed by atoms with van der Waals surface area (Å²) in [5.41, 5.74) is 0.175. The van der Waals surface area contributed by atoms with Crippen LogP contribution in [0, 0.1) is 0 Å². The topological polar surface area (TPSA) is 82.6 Å². The quantitative estimate of drug-likeness (QED) is 0.635. The maximum absolute atomic E-state index is 12.2. The number of hydrogen-bond acceptors (Lipinski definition) is 7. The second kappa shape index (κ2) is 5.10. The van der Waals surface area contributed by atoms with E-state index in [-0.39, 0.29) is 28.8 Å². The first-order valence-electron chi connectivity index (χ1n) is 6.01. The summed E-state index contributed by atoms with van der Waals surface area (Å²) in [5.74, 6) is -0.733. The van der Waals surface area contributed by atoms with Gasteiger partial charge in [-0.15, -0.1) is 11.3 Å². The van der Waals surface area contributed by atoms with Crippen molar-refractivity contribution in [3.8, 4) is 11.5 Å². The number of thiazole rings is 1. The van der Waals surface area contributed by atoms with Crippen molar-refractivity contribution in [2.24, 2.45) is 0 Å². The van der Waals surface area contributed by atoms with Gasteiger partial charge in [-0.1, -0.05) is 0 Å². The van der Waals surface area contributed by atoms with Gasteiger partial charge in [0.25, 0.3) is 5.78 Å². The van der Waals surface area contributed by atoms with Crippen molar-refractivity contribution in [2.75, 3.05) is 6.79 Å². The van der Waals surface area contributed by atoms with Crippen LogP contribution in [0.15, 0.2) is 23.6 Å². The second-order valence-corrected chi connectivity index (χ2v) is 5.18. The molecular formula is C14H9NO5S. The second-order valence-electron chi connectivity index (χ2n) is 4.32. The molecule has 0 aliphatic carbocycles. The number of carbonyl (C=O) groups is 3. The monoisotopic (exact) mass is 303 g/mol. The molecule has 3 rings (SSSR count). The summed E-state index contributed by atoms with van der Waals surface area (Å²) in [6.07, 6.45) is 0. The van der Waals surface area contributed by atoms with Crippen molar-refractivity contribution in [2.45, 2.75) is 6.92 Å². The van der Waals surface area contributed by atoms with Crippen LogP contribution in [0.3, 0.4) is 0 Å². The van der Waals surface area contributed by atoms with Gasteiger partial charge in [-0.2, -0.15) is 0 Å². The molecule has 0 fully saturated rings. The SMILES string of the molecule is CC(=O)c1nc(C(=O)C(=O)c2ccc3c(c2)OCO3)cs1. The fraction of sp³-hybridized carbons (Fsp3) is 0.143. The molecule has 106 valence electrons. The molecule has 1 aromatic heterocycles. The first-order chi connectivity index (χ1) is 10.1. The predicted octanol–water partition coefficient (Wildman–Crippen LogP) is 2.14. The van der Waals surface area contributed by atoms with Crippen LogP contribution in [-0.4, -0.2) is 29.1 Å². The zero-order valence-corrected chi connectivity index (χ0v) is 11.7. The number of aromatic nitrogens is 1. The summed E-state index contributed by atoms with van der Waals surface area (Å²) in [7, 11) is 0. The van der Waals surface area contributed by atoms with Crippen LogP contribution < -0.4 is 9.47 Å². The zero-order valence-electron chi connectivity index (χ0n) is 10.9. The smallest absolute Gasteiger partial charge is 0.252 e. The van der Waals surface area contributed by atoms with Crippen molar-refractivity contribution in [3.05, 3.63) is 39.8 Å². The number of nitrogens with zero attached hydrogens (tertiary/aromatic N) is 1. The highest BCUT2D eigenvalue weighted by Crippen LogP contribution is 2.32. The van der Waals surface area contributed by atoms with E-state index in [9.17, 15) is 14.4 Å². The third-order valence-electron chi connectivity index (χ3n) is 2.88. The minimum absolute atomic E-state index is 0.0205. The molecule has 6 nitrogen and oxygen atoms in total. The third-order valence-corrected chi connectivity index (χ3v) is 3.82. The van der Waals surface area contributed by atoms with Crippen LogP contribution in [0.25, 0.3) is 0 Å². The van der Waals surface area contributed by atoms with Crippen LogP contribution in [0.2, 0.25) is 0 Å². The van der Waals surface area contributed by atoms with Crippen LogP contribution in [0.5, 0.6) is 11.5 Å². The largest absolute Gasteiger partial charge is 0.454 e. The predicted molar refractivity (Wildman–Crippen MR) is 73.3 cm³/mol. The summed E-state index contributed by atoms with van der Waals surface area (Å²) in [6.45, 7) is 1.45. The Kier molecular flexibility index (Phi) is 3.26. The average Bonchev–Trinajstić information content (AvgIpc) is 3.13. The van der Waals surface area contributed by atoms with Crippen molar-refractivity contribution < 1.29 is 23.9 Å². The van der Waals surface area contributed by atoms with E-state index in [1.165, 1.54) is 24.4 Å². The summed E-state index contributed by atoms with van der Waals surface area (Å²) >= 11 is 1.04. The van der Waals surface area contributed by atoms with E-state index >= 15 is 0 Å². The number of fused-ring (bicyclic) bond motifs is 1. The summed E-state index contributed by atoms with van der Waals surface area (Å²) in [4.78, 5) is 39.3. The molecule has 0 N–H and O–H groups in total. The normalized spacial score (nSPS) is 12.2. The first-order valence-corrected chi connectivity index (χ1v) is 6.89. The van der Waals surface area contributed by atoms with Gasteiger partial charge in [0, 0.05) is 17.9 Å². The fourth-order valence-corrected chi connectivity index (χ4v) is 2.52. The molecule has 0 bridgehead atoms. The fourth-order valence-electron chi connectivity index (χ4n) is 1.82. The van der Waals surface area contributed by atoms with Crippen molar-refractivity contribution >= 4 is 28.7 Å². The van der Waals surface area contributed by atoms with E-state index in [2.05, 4.69) is 4.98 Å². The summed E-state index contributed by atoms with van der Waals surface area (Å²) < 4.78 is 10.3. The maximum atomic E-state index is 12.2. The van der Waals surface area contributed by atoms with Gasteiger partial charge in [-0.3, -0.25) is 14.4 Å². The molecule has 1 aliphatic rings. The minimum Gasteiger partial charge on any atom is -0.454 e. The van der Waals surface area contributed by atoms with Gasteiger partial charge in [0.2, 0.25) is 12.6 Å². The Hall–Kier alpha value is -2.54. The Bertz CT molecular complexity index is 764. The van der Waals surface area contributed by atoms with Crippen LogP contribution in [0.1, 0.15) is 37.6 Å². The van der Waals surface area contributed by atoms with Crippen molar-refractivity contribution in [1.29, 1.82) is 0 Å². The van der Waals surface area contributed by atoms with Crippen LogP contribution in [0.4, 0.5) is 0 Å². The van der Waals surface area contributed by atoms with E-state index in [1.807, 2.05) is 0 Å². The van der Waals surface area contributed by atoms with Gasteiger partial charge < -0.3 is 9.47 Å². The van der Waals surface area contributed by atoms with E-state index in [4.69, 9.17) is 9.47 Å². The number of carbonyl (C=O) groups excluding carboxylic acids is 3. The molecule has 0 atom stereocenters. The van der Waals surface area contributed by atoms with E-state index < -0.39 is 11.6 Å². The summed E-state index contributed by atoms with van der Waals surface area (Å²) in [5, 5.41) is 1.61. The molecule has 0 radical (unpaired) electrons. The lowest BCUT2D eigenvalue weighted by atomic mass is 10.1. The third kappa shape index (κ3) is 2.43. The van der Waals surface area contributed by atoms with Gasteiger partial charge >= 0.3 is 0 Å². The summed E-state index contributed by atoms with van der Waals surface area (Å²) in [6, 6.07) is 4.53. The van der Waals surface area contributed by atoms with Gasteiger partial charge in [-0.25, -0.2) is 4.98 Å². The van der Waals surface area contributed by atoms with Gasteiger partial charge in [-0.05, 0) is 18.2 Å². The molecule has 0 spiro atoms. The number of ketones is 3. The Morgan fingerprint density at radius 3 is 2.62 bits per heavy atom. The lowest BCUT2D eigenvalue weighted by molar-refractivity contribution is 0.0814. The van der Waals surface area contributed by atoms with Gasteiger partial charge in [0.05, 0.1) is 0 Å². The van der Waals surface area contributed by atoms with E-state index in [1.54, 1.807) is 6.07 Å². The average molecular weight is 303 g/mol. The highest BCUT2D eigenvalue weighted by Gasteiger charge is 2.24. The number of Topliss-reactive ketones (excluding diaryl/α,β-unsaturated/α-hetero) is 3. The molecule has 2 heterocycles. The van der Waals surface area contributed by atoms with E-state index in [0.29, 0.717) is 11.5 Å². The highest BCUT2D eigenvalue weighted by atomic mass is 32.1. The lowest BCUT2D eigenvalue weighted by Gasteiger charge is -2.00. The lowest BCUT2D eigenvalue weighted by Crippen LogP contribution is -2.15. The Morgan fingerprint density at radius 2 is 1.90 bits per heavy atom. The standard InChI is InChI=1S/C14H9NO5S/c1-7(16)14-15-9(5-21-14)13(18)12(17)8-2-3-10-11(4-8)20-6-19-10/h2-5H,6H2,1H3. The van der Waals surface area contributed by atoms with Crippen LogP contribution >= 0.6 is 11.3 Å². The number of benzene rings is 1. The number of hydrogen-bond donors (Lipinski definition) is 0. The van der Waals surface area contributed by atoms with Gasteiger partial charge in [0.15, 0.2) is 22.3 Å². The minimum atomic E-state index is -0.752. The van der Waals surface area contributed by atoms with Crippen molar-refractivity contribution in [3.63, 3.8) is 0 Å². The molecule has 7 heteroatoms. The first kappa shape index (κ1) is 13.4. The molecule has 2 aromatic rings. The molecule has 21 heavy (non-hydrogen) atoms. The molecule has 0 unspecified atom stereocenters.